The van der Waals surface area contributed by atoms with E-state index in [9.17, 15) is 9.90 Å². The Bertz CT molecular complexity index is 942. The maximum Gasteiger partial charge on any atom is 0.232 e. The summed E-state index contributed by atoms with van der Waals surface area (Å²) in [6.45, 7) is 11.0. The molecule has 0 amide bonds. The number of benzene rings is 2. The van der Waals surface area contributed by atoms with Crippen LogP contribution in [0.4, 0.5) is 0 Å². The summed E-state index contributed by atoms with van der Waals surface area (Å²) in [5.41, 5.74) is 2.72. The lowest BCUT2D eigenvalue weighted by Crippen LogP contribution is -2.25. The lowest BCUT2D eigenvalue weighted by molar-refractivity contribution is 0.101. The Balaban J connectivity index is 2.00. The Kier molecular flexibility index (Phi) is 7.16. The van der Waals surface area contributed by atoms with Crippen LogP contribution in [0.5, 0.6) is 17.2 Å². The molecule has 0 fully saturated rings. The van der Waals surface area contributed by atoms with E-state index in [4.69, 9.17) is 9.47 Å². The monoisotopic (exact) mass is 409 g/mol. The molecule has 0 saturated heterocycles. The number of ether oxygens (including phenoxy) is 2. The number of para-hydroxylation sites is 1. The Morgan fingerprint density at radius 2 is 1.83 bits per heavy atom. The fourth-order valence-electron chi connectivity index (χ4n) is 3.89. The average Bonchev–Trinajstić information content (AvgIpc) is 3.03. The zero-order chi connectivity index (χ0) is 21.7. The van der Waals surface area contributed by atoms with Crippen LogP contribution in [0.15, 0.2) is 36.1 Å². The third kappa shape index (κ3) is 4.51. The number of nitrogens with zero attached hydrogens (tertiary/aromatic N) is 1. The lowest BCUT2D eigenvalue weighted by atomic mass is 9.99. The maximum atomic E-state index is 13.2. The number of allylic oxidation sites excluding steroid dienone is 1. The molecule has 1 aliphatic rings. The van der Waals surface area contributed by atoms with Gasteiger partial charge in [-0.25, -0.2) is 0 Å². The van der Waals surface area contributed by atoms with E-state index in [1.807, 2.05) is 38.1 Å². The fraction of sp³-hybridized carbons (Fsp3) is 0.400. The number of ketones is 1. The number of carbonyl (C=O) groups is 1. The highest BCUT2D eigenvalue weighted by Gasteiger charge is 2.33. The second-order valence-corrected chi connectivity index (χ2v) is 7.58. The van der Waals surface area contributed by atoms with Crippen molar-refractivity contribution in [1.82, 2.24) is 4.90 Å². The third-order valence-electron chi connectivity index (χ3n) is 5.19. The molecule has 1 aliphatic heterocycles. The Labute approximate surface area is 178 Å². The van der Waals surface area contributed by atoms with Gasteiger partial charge in [0.2, 0.25) is 5.78 Å². The summed E-state index contributed by atoms with van der Waals surface area (Å²) in [5, 5.41) is 10.7. The van der Waals surface area contributed by atoms with Crippen LogP contribution in [0, 0.1) is 6.92 Å². The van der Waals surface area contributed by atoms with Crippen molar-refractivity contribution in [1.29, 1.82) is 0 Å². The van der Waals surface area contributed by atoms with Gasteiger partial charge in [0.25, 0.3) is 0 Å². The molecule has 2 aromatic carbocycles. The first kappa shape index (κ1) is 21.9. The number of aryl methyl sites for hydroxylation is 1. The molecule has 0 unspecified atom stereocenters. The number of phenolic OH excluding ortho intramolecular Hbond substituents is 1. The van der Waals surface area contributed by atoms with Crippen LogP contribution in [-0.4, -0.2) is 35.5 Å². The van der Waals surface area contributed by atoms with E-state index in [1.54, 1.807) is 12.1 Å². The number of fused-ring (bicyclic) bond motifs is 1. The van der Waals surface area contributed by atoms with Gasteiger partial charge in [0.1, 0.15) is 17.2 Å². The van der Waals surface area contributed by atoms with Crippen molar-refractivity contribution in [3.05, 3.63) is 58.3 Å². The van der Waals surface area contributed by atoms with Crippen LogP contribution in [0.1, 0.15) is 60.7 Å². The molecule has 0 atom stereocenters. The van der Waals surface area contributed by atoms with Crippen molar-refractivity contribution in [2.45, 2.75) is 47.1 Å². The molecule has 5 nitrogen and oxygen atoms in total. The predicted molar refractivity (Wildman–Crippen MR) is 119 cm³/mol. The Morgan fingerprint density at radius 3 is 2.50 bits per heavy atom. The van der Waals surface area contributed by atoms with E-state index in [-0.39, 0.29) is 17.3 Å². The van der Waals surface area contributed by atoms with Crippen LogP contribution in [0.25, 0.3) is 6.08 Å². The van der Waals surface area contributed by atoms with Gasteiger partial charge in [0.15, 0.2) is 5.76 Å². The number of phenols is 1. The summed E-state index contributed by atoms with van der Waals surface area (Å²) in [6.07, 6.45) is 3.77. The van der Waals surface area contributed by atoms with E-state index in [0.717, 1.165) is 37.1 Å². The topological polar surface area (TPSA) is 59.0 Å². The second kappa shape index (κ2) is 9.81. The first-order valence-corrected chi connectivity index (χ1v) is 10.7. The van der Waals surface area contributed by atoms with Crippen molar-refractivity contribution in [2.24, 2.45) is 0 Å². The molecule has 0 spiro atoms. The van der Waals surface area contributed by atoms with Crippen LogP contribution in [0.2, 0.25) is 0 Å². The molecule has 30 heavy (non-hydrogen) atoms. The Hall–Kier alpha value is -2.79. The maximum absolute atomic E-state index is 13.2. The normalized spacial score (nSPS) is 14.3. The number of hydrogen-bond donors (Lipinski definition) is 1. The van der Waals surface area contributed by atoms with Crippen molar-refractivity contribution >= 4 is 11.9 Å². The quantitative estimate of drug-likeness (QED) is 0.567. The minimum Gasteiger partial charge on any atom is -0.507 e. The van der Waals surface area contributed by atoms with E-state index in [2.05, 4.69) is 18.7 Å². The highest BCUT2D eigenvalue weighted by molar-refractivity contribution is 6.16. The number of carbonyl (C=O) groups excluding carboxylic acids is 1. The van der Waals surface area contributed by atoms with Gasteiger partial charge in [-0.2, -0.15) is 0 Å². The van der Waals surface area contributed by atoms with Gasteiger partial charge in [-0.3, -0.25) is 9.69 Å². The van der Waals surface area contributed by atoms with Gasteiger partial charge >= 0.3 is 0 Å². The van der Waals surface area contributed by atoms with E-state index >= 15 is 0 Å². The first-order chi connectivity index (χ1) is 14.5. The molecule has 0 aromatic heterocycles. The van der Waals surface area contributed by atoms with Crippen molar-refractivity contribution in [2.75, 3.05) is 19.7 Å². The molecule has 0 aliphatic carbocycles. The molecule has 1 heterocycles. The van der Waals surface area contributed by atoms with Gasteiger partial charge in [-0.05, 0) is 63.6 Å². The van der Waals surface area contributed by atoms with E-state index < -0.39 is 0 Å². The first-order valence-electron chi connectivity index (χ1n) is 10.7. The molecule has 160 valence electrons. The summed E-state index contributed by atoms with van der Waals surface area (Å²) in [6, 6.07) is 9.24. The minimum absolute atomic E-state index is 0.160. The Morgan fingerprint density at radius 1 is 1.13 bits per heavy atom. The molecule has 1 N–H and O–H groups in total. The molecule has 0 bridgehead atoms. The average molecular weight is 410 g/mol. The van der Waals surface area contributed by atoms with Crippen LogP contribution >= 0.6 is 0 Å². The summed E-state index contributed by atoms with van der Waals surface area (Å²) >= 11 is 0. The summed E-state index contributed by atoms with van der Waals surface area (Å²) in [7, 11) is 0. The van der Waals surface area contributed by atoms with Crippen LogP contribution in [0.3, 0.4) is 0 Å². The lowest BCUT2D eigenvalue weighted by Gasteiger charge is -2.22. The molecule has 0 radical (unpaired) electrons. The largest absolute Gasteiger partial charge is 0.507 e. The zero-order valence-corrected chi connectivity index (χ0v) is 18.3. The van der Waals surface area contributed by atoms with Crippen molar-refractivity contribution in [3.63, 3.8) is 0 Å². The van der Waals surface area contributed by atoms with Crippen molar-refractivity contribution in [3.8, 4) is 17.2 Å². The van der Waals surface area contributed by atoms with Gasteiger partial charge in [-0.15, -0.1) is 0 Å². The predicted octanol–water partition coefficient (Wildman–Crippen LogP) is 5.34. The van der Waals surface area contributed by atoms with Gasteiger partial charge < -0.3 is 14.6 Å². The standard InChI is InChI=1S/C25H31NO4/c1-5-12-26(13-6-2)16-19-20(27)14-17(4)23-24(28)22(30-25(19)23)15-18-10-8-9-11-21(18)29-7-3/h8-11,14-15,27H,5-7,12-13,16H2,1-4H3/b22-15+. The molecular formula is C25H31NO4. The van der Waals surface area contributed by atoms with E-state index in [0.29, 0.717) is 35.8 Å². The molecule has 5 heteroatoms. The highest BCUT2D eigenvalue weighted by Crippen LogP contribution is 2.42. The van der Waals surface area contributed by atoms with Gasteiger partial charge in [-0.1, -0.05) is 32.0 Å². The smallest absolute Gasteiger partial charge is 0.232 e. The van der Waals surface area contributed by atoms with Crippen molar-refractivity contribution < 1.29 is 19.4 Å². The SMILES string of the molecule is CCCN(CCC)Cc1c(O)cc(C)c2c1O/C(=C/c1ccccc1OCC)C2=O. The van der Waals surface area contributed by atoms with Crippen LogP contribution < -0.4 is 9.47 Å². The number of rotatable bonds is 9. The number of aromatic hydroxyl groups is 1. The molecule has 0 saturated carbocycles. The summed E-state index contributed by atoms with van der Waals surface area (Å²) in [5.74, 6) is 1.45. The van der Waals surface area contributed by atoms with E-state index in [1.165, 1.54) is 0 Å². The number of hydrogen-bond acceptors (Lipinski definition) is 5. The minimum atomic E-state index is -0.160. The molecule has 3 rings (SSSR count). The second-order valence-electron chi connectivity index (χ2n) is 7.58. The highest BCUT2D eigenvalue weighted by atomic mass is 16.5. The molecule has 2 aromatic rings. The van der Waals surface area contributed by atoms with Gasteiger partial charge in [0, 0.05) is 12.1 Å². The zero-order valence-electron chi connectivity index (χ0n) is 18.3. The fourth-order valence-corrected chi connectivity index (χ4v) is 3.89. The third-order valence-corrected chi connectivity index (χ3v) is 5.19. The molecular weight excluding hydrogens is 378 g/mol. The van der Waals surface area contributed by atoms with Crippen LogP contribution in [-0.2, 0) is 6.54 Å². The summed E-state index contributed by atoms with van der Waals surface area (Å²) < 4.78 is 11.8. The number of Topliss-reactive ketones (excluding diaryl/α,β-unsaturated/α-hetero) is 1. The van der Waals surface area contributed by atoms with Gasteiger partial charge in [0.05, 0.1) is 17.7 Å². The summed E-state index contributed by atoms with van der Waals surface area (Å²) in [4.78, 5) is 15.4.